The number of hydrogen-bond donors (Lipinski definition) is 1. The van der Waals surface area contributed by atoms with E-state index in [0.717, 1.165) is 5.56 Å². The van der Waals surface area contributed by atoms with Crippen molar-refractivity contribution in [1.82, 2.24) is 0 Å². The molecule has 0 aliphatic heterocycles. The molecule has 0 radical (unpaired) electrons. The summed E-state index contributed by atoms with van der Waals surface area (Å²) in [4.78, 5) is 11.1. The van der Waals surface area contributed by atoms with E-state index in [1.54, 1.807) is 30.3 Å². The maximum absolute atomic E-state index is 13.2. The van der Waals surface area contributed by atoms with Crippen LogP contribution in [0.25, 0.3) is 0 Å². The molecule has 0 unspecified atom stereocenters. The van der Waals surface area contributed by atoms with Crippen LogP contribution in [0.5, 0.6) is 0 Å². The van der Waals surface area contributed by atoms with E-state index < -0.39 is 52.1 Å². The van der Waals surface area contributed by atoms with Gasteiger partial charge in [-0.3, -0.25) is 10.1 Å². The van der Waals surface area contributed by atoms with Crippen molar-refractivity contribution >= 4 is 0 Å². The number of benzene rings is 2. The summed E-state index contributed by atoms with van der Waals surface area (Å²) in [5, 5.41) is 21.2. The van der Waals surface area contributed by atoms with E-state index in [0.29, 0.717) is 12.1 Å². The molecule has 0 aromatic heterocycles. The summed E-state index contributed by atoms with van der Waals surface area (Å²) >= 11 is 0. The lowest BCUT2D eigenvalue weighted by Gasteiger charge is -2.42. The Bertz CT molecular complexity index is 998. The van der Waals surface area contributed by atoms with Gasteiger partial charge in [-0.15, -0.1) is 0 Å². The van der Waals surface area contributed by atoms with Crippen molar-refractivity contribution in [2.75, 3.05) is 13.2 Å². The van der Waals surface area contributed by atoms with E-state index in [-0.39, 0.29) is 43.9 Å². The first-order valence-electron chi connectivity index (χ1n) is 10.9. The molecule has 1 aliphatic carbocycles. The molecule has 11 heteroatoms. The molecular formula is C24H25F6NO4. The minimum absolute atomic E-state index is 0.0465. The van der Waals surface area contributed by atoms with Gasteiger partial charge >= 0.3 is 12.4 Å². The Balaban J connectivity index is 1.89. The predicted molar refractivity (Wildman–Crippen MR) is 114 cm³/mol. The van der Waals surface area contributed by atoms with Gasteiger partial charge in [0, 0.05) is 23.2 Å². The molecule has 192 valence electrons. The molecule has 35 heavy (non-hydrogen) atoms. The zero-order chi connectivity index (χ0) is 26.1. The van der Waals surface area contributed by atoms with Crippen LogP contribution in [0, 0.1) is 10.1 Å². The Kier molecular flexibility index (Phi) is 7.52. The summed E-state index contributed by atoms with van der Waals surface area (Å²) in [6, 6.07) is 10.3. The van der Waals surface area contributed by atoms with E-state index in [4.69, 9.17) is 4.74 Å². The first-order valence-corrected chi connectivity index (χ1v) is 10.9. The van der Waals surface area contributed by atoms with Crippen molar-refractivity contribution in [3.05, 3.63) is 80.9 Å². The normalized spacial score (nSPS) is 24.2. The van der Waals surface area contributed by atoms with E-state index in [9.17, 15) is 41.6 Å². The van der Waals surface area contributed by atoms with E-state index in [1.165, 1.54) is 6.92 Å². The van der Waals surface area contributed by atoms with Crippen molar-refractivity contribution in [3.63, 3.8) is 0 Å². The second kappa shape index (κ2) is 9.77. The Morgan fingerprint density at radius 3 is 1.91 bits per heavy atom. The topological polar surface area (TPSA) is 72.6 Å². The number of alkyl halides is 6. The maximum Gasteiger partial charge on any atom is 0.416 e. The van der Waals surface area contributed by atoms with Crippen LogP contribution < -0.4 is 0 Å². The largest absolute Gasteiger partial charge is 0.416 e. The van der Waals surface area contributed by atoms with Gasteiger partial charge in [0.1, 0.15) is 6.61 Å². The summed E-state index contributed by atoms with van der Waals surface area (Å²) in [7, 11) is 0. The van der Waals surface area contributed by atoms with Gasteiger partial charge in [0.15, 0.2) is 0 Å². The van der Waals surface area contributed by atoms with Crippen molar-refractivity contribution in [3.8, 4) is 0 Å². The minimum atomic E-state index is -4.97. The highest BCUT2D eigenvalue weighted by Gasteiger charge is 2.51. The Labute approximate surface area is 197 Å². The number of aliphatic hydroxyl groups is 1. The molecule has 2 aromatic carbocycles. The second-order valence-electron chi connectivity index (χ2n) is 9.08. The number of aliphatic hydroxyl groups excluding tert-OH is 1. The van der Waals surface area contributed by atoms with Crippen LogP contribution in [0.15, 0.2) is 48.5 Å². The molecule has 0 spiro atoms. The molecule has 3 rings (SSSR count). The third-order valence-corrected chi connectivity index (χ3v) is 6.89. The molecule has 0 saturated heterocycles. The van der Waals surface area contributed by atoms with Crippen LogP contribution in [0.4, 0.5) is 26.3 Å². The van der Waals surface area contributed by atoms with Gasteiger partial charge in [-0.25, -0.2) is 0 Å². The lowest BCUT2D eigenvalue weighted by molar-refractivity contribution is -0.579. The van der Waals surface area contributed by atoms with Crippen molar-refractivity contribution < 1.29 is 41.1 Å². The number of halogens is 6. The number of hydrogen-bond acceptors (Lipinski definition) is 4. The fourth-order valence-electron chi connectivity index (χ4n) is 4.49. The van der Waals surface area contributed by atoms with Gasteiger partial charge in [-0.2, -0.15) is 26.3 Å². The first kappa shape index (κ1) is 26.9. The van der Waals surface area contributed by atoms with Crippen molar-refractivity contribution in [1.29, 1.82) is 0 Å². The summed E-state index contributed by atoms with van der Waals surface area (Å²) in [6.45, 7) is 0.661. The summed E-state index contributed by atoms with van der Waals surface area (Å²) in [6.07, 6.45) is -10.5. The van der Waals surface area contributed by atoms with Crippen molar-refractivity contribution in [2.45, 2.75) is 62.0 Å². The van der Waals surface area contributed by atoms with Crippen LogP contribution in [0.3, 0.4) is 0 Å². The van der Waals surface area contributed by atoms with E-state index >= 15 is 0 Å². The zero-order valence-electron chi connectivity index (χ0n) is 18.8. The molecule has 0 bridgehead atoms. The second-order valence-corrected chi connectivity index (χ2v) is 9.08. The molecule has 1 aliphatic rings. The van der Waals surface area contributed by atoms with Crippen LogP contribution in [0.2, 0.25) is 0 Å². The van der Waals surface area contributed by atoms with E-state index in [2.05, 4.69) is 0 Å². The van der Waals surface area contributed by atoms with E-state index in [1.807, 2.05) is 0 Å². The van der Waals surface area contributed by atoms with Crippen molar-refractivity contribution in [2.24, 2.45) is 0 Å². The Morgan fingerprint density at radius 2 is 1.49 bits per heavy atom. The molecule has 0 amide bonds. The van der Waals surface area contributed by atoms with Crippen LogP contribution in [-0.2, 0) is 22.5 Å². The molecule has 1 saturated carbocycles. The van der Waals surface area contributed by atoms with Crippen LogP contribution in [0.1, 0.15) is 61.0 Å². The lowest BCUT2D eigenvalue weighted by Crippen LogP contribution is -2.50. The molecule has 2 aromatic rings. The number of nitrogens with zero attached hydrogens (tertiary/aromatic N) is 1. The van der Waals surface area contributed by atoms with Gasteiger partial charge in [0.25, 0.3) is 0 Å². The number of nitro groups is 1. The highest BCUT2D eigenvalue weighted by molar-refractivity contribution is 5.35. The van der Waals surface area contributed by atoms with Gasteiger partial charge in [0.05, 0.1) is 23.8 Å². The Hall–Kier alpha value is -2.66. The molecule has 1 N–H and O–H groups in total. The minimum Gasteiger partial charge on any atom is -0.389 e. The van der Waals surface area contributed by atoms with Crippen LogP contribution >= 0.6 is 0 Å². The van der Waals surface area contributed by atoms with Gasteiger partial charge in [-0.05, 0) is 49.1 Å². The van der Waals surface area contributed by atoms with Gasteiger partial charge in [-0.1, -0.05) is 30.3 Å². The smallest absolute Gasteiger partial charge is 0.389 e. The number of ether oxygens (including phenoxy) is 1. The lowest BCUT2D eigenvalue weighted by atomic mass is 9.65. The predicted octanol–water partition coefficient (Wildman–Crippen LogP) is 6.32. The quantitative estimate of drug-likeness (QED) is 0.272. The standard InChI is InChI=1S/C24H25F6NO4/c1-16(17-11-19(23(25,26)27)13-20(12-17)24(28,29)30)35-15-21(18-5-3-2-4-6-18)7-9-22(14-32,10-8-21)31(33)34/h2-6,11-13,16,32H,7-10,14-15H2,1H3/t16-,21-,22-/m1/s1. The molecule has 1 atom stereocenters. The molecule has 1 fully saturated rings. The average Bonchev–Trinajstić information content (AvgIpc) is 2.82. The fourth-order valence-corrected chi connectivity index (χ4v) is 4.49. The molecule has 0 heterocycles. The summed E-state index contributed by atoms with van der Waals surface area (Å²) < 4.78 is 85.3. The highest BCUT2D eigenvalue weighted by Crippen LogP contribution is 2.45. The van der Waals surface area contributed by atoms with Gasteiger partial charge in [0.2, 0.25) is 5.54 Å². The fraction of sp³-hybridized carbons (Fsp3) is 0.500. The third-order valence-electron chi connectivity index (χ3n) is 6.89. The maximum atomic E-state index is 13.2. The molecular weight excluding hydrogens is 480 g/mol. The van der Waals surface area contributed by atoms with Gasteiger partial charge < -0.3 is 9.84 Å². The number of rotatable bonds is 7. The monoisotopic (exact) mass is 505 g/mol. The average molecular weight is 505 g/mol. The summed E-state index contributed by atoms with van der Waals surface area (Å²) in [5.74, 6) is 0. The summed E-state index contributed by atoms with van der Waals surface area (Å²) in [5.41, 5.74) is -4.58. The third kappa shape index (κ3) is 5.78. The zero-order valence-corrected chi connectivity index (χ0v) is 18.8. The Morgan fingerprint density at radius 1 is 0.971 bits per heavy atom. The SMILES string of the molecule is C[C@@H](OC[C@]1(c2ccccc2)CC[C@](CO)([N+](=O)[O-])CC1)c1cc(C(F)(F)F)cc(C(F)(F)F)c1. The molecule has 5 nitrogen and oxygen atoms in total. The highest BCUT2D eigenvalue weighted by atomic mass is 19.4. The first-order chi connectivity index (χ1) is 16.2. The van der Waals surface area contributed by atoms with Crippen LogP contribution in [-0.4, -0.2) is 28.8 Å².